The van der Waals surface area contributed by atoms with Crippen LogP contribution in [0.5, 0.6) is 5.75 Å². The summed E-state index contributed by atoms with van der Waals surface area (Å²) < 4.78 is 5.17. The minimum atomic E-state index is -0.718. The number of carbonyl (C=O) groups is 3. The number of amides is 2. The monoisotopic (exact) mass is 407 g/mol. The molecule has 30 heavy (non-hydrogen) atoms. The number of methoxy groups -OCH3 is 1. The zero-order valence-electron chi connectivity index (χ0n) is 18.0. The highest BCUT2D eigenvalue weighted by Crippen LogP contribution is 2.34. The number of imide groups is 1. The van der Waals surface area contributed by atoms with Gasteiger partial charge in [0.1, 0.15) is 5.75 Å². The molecule has 158 valence electrons. The van der Waals surface area contributed by atoms with Crippen LogP contribution in [0, 0.1) is 11.8 Å². The molecule has 3 rings (SSSR count). The van der Waals surface area contributed by atoms with Crippen molar-refractivity contribution >= 4 is 17.6 Å². The zero-order chi connectivity index (χ0) is 21.8. The van der Waals surface area contributed by atoms with E-state index in [9.17, 15) is 14.4 Å². The SMILES string of the molecule is COc1ccc(C(=O)C(C)[C@@H](C(=O)N2C(=O)CC[C@@H]2C(C)C)c2ccccc2)cc1. The lowest BCUT2D eigenvalue weighted by atomic mass is 9.81. The van der Waals surface area contributed by atoms with Gasteiger partial charge in [-0.15, -0.1) is 0 Å². The standard InChI is InChI=1S/C25H29NO4/c1-16(2)21-14-15-22(27)26(21)25(29)23(18-8-6-5-7-9-18)17(3)24(28)19-10-12-20(30-4)13-11-19/h5-13,16-17,21,23H,14-15H2,1-4H3/t17?,21-,23-/m1/s1. The smallest absolute Gasteiger partial charge is 0.237 e. The van der Waals surface area contributed by atoms with E-state index in [1.165, 1.54) is 4.90 Å². The molecule has 0 spiro atoms. The predicted molar refractivity (Wildman–Crippen MR) is 115 cm³/mol. The first kappa shape index (κ1) is 21.8. The van der Waals surface area contributed by atoms with Gasteiger partial charge in [0, 0.05) is 23.9 Å². The zero-order valence-corrected chi connectivity index (χ0v) is 18.0. The third-order valence-electron chi connectivity index (χ3n) is 5.97. The van der Waals surface area contributed by atoms with E-state index < -0.39 is 11.8 Å². The number of nitrogens with zero attached hydrogens (tertiary/aromatic N) is 1. The first-order valence-corrected chi connectivity index (χ1v) is 10.4. The van der Waals surface area contributed by atoms with Crippen LogP contribution < -0.4 is 4.74 Å². The number of ether oxygens (including phenoxy) is 1. The number of likely N-dealkylation sites (tertiary alicyclic amines) is 1. The van der Waals surface area contributed by atoms with Crippen LogP contribution in [0.3, 0.4) is 0 Å². The van der Waals surface area contributed by atoms with E-state index in [0.29, 0.717) is 24.2 Å². The molecule has 5 heteroatoms. The van der Waals surface area contributed by atoms with Gasteiger partial charge in [-0.2, -0.15) is 0 Å². The van der Waals surface area contributed by atoms with Crippen molar-refractivity contribution in [2.75, 3.05) is 7.11 Å². The molecule has 2 amide bonds. The van der Waals surface area contributed by atoms with Crippen molar-refractivity contribution in [2.45, 2.75) is 45.6 Å². The first-order valence-electron chi connectivity index (χ1n) is 10.4. The molecule has 0 aromatic heterocycles. The molecule has 2 aromatic carbocycles. The van der Waals surface area contributed by atoms with Crippen molar-refractivity contribution < 1.29 is 19.1 Å². The summed E-state index contributed by atoms with van der Waals surface area (Å²) in [5.41, 5.74) is 1.27. The molecule has 5 nitrogen and oxygen atoms in total. The quantitative estimate of drug-likeness (QED) is 0.635. The maximum absolute atomic E-state index is 13.7. The normalized spacial score (nSPS) is 18.4. The lowest BCUT2D eigenvalue weighted by molar-refractivity contribution is -0.146. The molecule has 0 bridgehead atoms. The van der Waals surface area contributed by atoms with Crippen LogP contribution in [0.15, 0.2) is 54.6 Å². The van der Waals surface area contributed by atoms with Crippen molar-refractivity contribution in [2.24, 2.45) is 11.8 Å². The summed E-state index contributed by atoms with van der Waals surface area (Å²) in [6.07, 6.45) is 1.04. The van der Waals surface area contributed by atoms with Crippen molar-refractivity contribution in [3.63, 3.8) is 0 Å². The third kappa shape index (κ3) is 4.30. The summed E-state index contributed by atoms with van der Waals surface area (Å²) in [5, 5.41) is 0. The maximum Gasteiger partial charge on any atom is 0.237 e. The molecule has 0 radical (unpaired) electrons. The van der Waals surface area contributed by atoms with Gasteiger partial charge in [-0.05, 0) is 42.2 Å². The van der Waals surface area contributed by atoms with E-state index in [1.807, 2.05) is 44.2 Å². The molecule has 1 fully saturated rings. The number of Topliss-reactive ketones (excluding diaryl/α,β-unsaturated/α-hetero) is 1. The van der Waals surface area contributed by atoms with Crippen LogP contribution in [0.2, 0.25) is 0 Å². The molecular formula is C25H29NO4. The van der Waals surface area contributed by atoms with E-state index in [0.717, 1.165) is 5.56 Å². The molecule has 1 unspecified atom stereocenters. The highest BCUT2D eigenvalue weighted by Gasteiger charge is 2.43. The van der Waals surface area contributed by atoms with Gasteiger partial charge in [0.25, 0.3) is 0 Å². The Morgan fingerprint density at radius 3 is 2.20 bits per heavy atom. The summed E-state index contributed by atoms with van der Waals surface area (Å²) in [5.74, 6) is -1.06. The molecule has 0 N–H and O–H groups in total. The molecule has 2 aromatic rings. The number of carbonyl (C=O) groups excluding carboxylic acids is 3. The van der Waals surface area contributed by atoms with Gasteiger partial charge in [0.05, 0.1) is 13.0 Å². The fraction of sp³-hybridized carbons (Fsp3) is 0.400. The van der Waals surface area contributed by atoms with E-state index in [2.05, 4.69) is 0 Å². The molecule has 1 aliphatic heterocycles. The highest BCUT2D eigenvalue weighted by molar-refractivity contribution is 6.05. The molecule has 0 aliphatic carbocycles. The second-order valence-corrected chi connectivity index (χ2v) is 8.22. The van der Waals surface area contributed by atoms with E-state index >= 15 is 0 Å². The van der Waals surface area contributed by atoms with E-state index in [4.69, 9.17) is 4.74 Å². The molecule has 0 saturated carbocycles. The Kier molecular flexibility index (Phi) is 6.70. The number of ketones is 1. The Balaban J connectivity index is 1.97. The summed E-state index contributed by atoms with van der Waals surface area (Å²) >= 11 is 0. The van der Waals surface area contributed by atoms with Crippen LogP contribution in [-0.2, 0) is 9.59 Å². The van der Waals surface area contributed by atoms with Gasteiger partial charge in [-0.25, -0.2) is 0 Å². The van der Waals surface area contributed by atoms with Gasteiger partial charge in [-0.1, -0.05) is 51.1 Å². The summed E-state index contributed by atoms with van der Waals surface area (Å²) in [4.78, 5) is 41.0. The second kappa shape index (κ2) is 9.24. The van der Waals surface area contributed by atoms with Crippen molar-refractivity contribution in [1.82, 2.24) is 4.90 Å². The van der Waals surface area contributed by atoms with Crippen LogP contribution in [0.25, 0.3) is 0 Å². The fourth-order valence-electron chi connectivity index (χ4n) is 4.25. The van der Waals surface area contributed by atoms with E-state index in [-0.39, 0.29) is 29.6 Å². The summed E-state index contributed by atoms with van der Waals surface area (Å²) in [7, 11) is 1.57. The highest BCUT2D eigenvalue weighted by atomic mass is 16.5. The second-order valence-electron chi connectivity index (χ2n) is 8.22. The van der Waals surface area contributed by atoms with Crippen molar-refractivity contribution in [3.8, 4) is 5.75 Å². The van der Waals surface area contributed by atoms with Gasteiger partial charge < -0.3 is 4.74 Å². The van der Waals surface area contributed by atoms with Gasteiger partial charge in [-0.3, -0.25) is 19.3 Å². The molecule has 1 saturated heterocycles. The van der Waals surface area contributed by atoms with Crippen molar-refractivity contribution in [1.29, 1.82) is 0 Å². The summed E-state index contributed by atoms with van der Waals surface area (Å²) in [6, 6.07) is 16.0. The minimum Gasteiger partial charge on any atom is -0.497 e. The maximum atomic E-state index is 13.7. The number of benzene rings is 2. The Hall–Kier alpha value is -2.95. The van der Waals surface area contributed by atoms with Crippen LogP contribution in [0.4, 0.5) is 0 Å². The molecular weight excluding hydrogens is 378 g/mol. The average Bonchev–Trinajstić information content (AvgIpc) is 3.15. The minimum absolute atomic E-state index is 0.125. The largest absolute Gasteiger partial charge is 0.497 e. The van der Waals surface area contributed by atoms with Crippen molar-refractivity contribution in [3.05, 3.63) is 65.7 Å². The van der Waals surface area contributed by atoms with Gasteiger partial charge in [0.2, 0.25) is 11.8 Å². The lowest BCUT2D eigenvalue weighted by Gasteiger charge is -2.32. The van der Waals surface area contributed by atoms with E-state index in [1.54, 1.807) is 38.3 Å². The lowest BCUT2D eigenvalue weighted by Crippen LogP contribution is -2.45. The third-order valence-corrected chi connectivity index (χ3v) is 5.97. The number of rotatable bonds is 7. The average molecular weight is 408 g/mol. The van der Waals surface area contributed by atoms with Crippen LogP contribution in [0.1, 0.15) is 55.5 Å². The Bertz CT molecular complexity index is 905. The number of hydrogen-bond acceptors (Lipinski definition) is 4. The molecule has 3 atom stereocenters. The topological polar surface area (TPSA) is 63.7 Å². The predicted octanol–water partition coefficient (Wildman–Crippen LogP) is 4.47. The molecule has 1 heterocycles. The van der Waals surface area contributed by atoms with Crippen LogP contribution >= 0.6 is 0 Å². The molecule has 1 aliphatic rings. The Morgan fingerprint density at radius 1 is 1.00 bits per heavy atom. The summed E-state index contributed by atoms with van der Waals surface area (Å²) in [6.45, 7) is 5.81. The number of hydrogen-bond donors (Lipinski definition) is 0. The van der Waals surface area contributed by atoms with Crippen LogP contribution in [-0.4, -0.2) is 35.6 Å². The Morgan fingerprint density at radius 2 is 1.63 bits per heavy atom. The van der Waals surface area contributed by atoms with Gasteiger partial charge in [0.15, 0.2) is 5.78 Å². The fourth-order valence-corrected chi connectivity index (χ4v) is 4.25. The first-order chi connectivity index (χ1) is 14.3. The Labute approximate surface area is 178 Å². The van der Waals surface area contributed by atoms with Gasteiger partial charge >= 0.3 is 0 Å².